The standard InChI is InChI=1S/C34H39ClFN7O2/c1-23(36)32(44)43-18-17-42(20-25(43)19-37-2)31-26-11-15-41(29-10-6-8-24-7-5-9-27(35)30(24)29)21-28(26)38-33(39-31)45-22-34(12-13-34)14-16-40(3)4/h5-10,25H,1,11-22H2,3-4H3/t25-/m0/s1. The Morgan fingerprint density at radius 2 is 1.96 bits per heavy atom. The number of hydrogen-bond acceptors (Lipinski definition) is 7. The van der Waals surface area contributed by atoms with Crippen molar-refractivity contribution >= 4 is 39.8 Å². The summed E-state index contributed by atoms with van der Waals surface area (Å²) in [6.45, 7) is 14.7. The number of aromatic nitrogens is 2. The molecule has 1 saturated carbocycles. The Labute approximate surface area is 269 Å². The van der Waals surface area contributed by atoms with Crippen LogP contribution in [0.5, 0.6) is 6.01 Å². The van der Waals surface area contributed by atoms with Gasteiger partial charge in [-0.3, -0.25) is 4.79 Å². The van der Waals surface area contributed by atoms with Gasteiger partial charge in [0.2, 0.25) is 6.54 Å². The number of ether oxygens (including phenoxy) is 1. The van der Waals surface area contributed by atoms with E-state index in [1.807, 2.05) is 12.1 Å². The highest BCUT2D eigenvalue weighted by Crippen LogP contribution is 2.49. The first-order chi connectivity index (χ1) is 21.7. The van der Waals surface area contributed by atoms with Crippen LogP contribution < -0.4 is 14.5 Å². The molecule has 0 radical (unpaired) electrons. The van der Waals surface area contributed by atoms with Gasteiger partial charge in [0, 0.05) is 48.2 Å². The molecule has 2 aliphatic heterocycles. The summed E-state index contributed by atoms with van der Waals surface area (Å²) in [5.74, 6) is -0.996. The van der Waals surface area contributed by atoms with Gasteiger partial charge in [0.05, 0.1) is 23.9 Å². The molecule has 11 heteroatoms. The van der Waals surface area contributed by atoms with Crippen molar-refractivity contribution < 1.29 is 13.9 Å². The maximum absolute atomic E-state index is 13.8. The van der Waals surface area contributed by atoms with Gasteiger partial charge in [0.25, 0.3) is 5.91 Å². The van der Waals surface area contributed by atoms with Crippen LogP contribution in [0.1, 0.15) is 30.5 Å². The van der Waals surface area contributed by atoms with Crippen LogP contribution in [0.25, 0.3) is 15.6 Å². The van der Waals surface area contributed by atoms with E-state index in [2.05, 4.69) is 64.5 Å². The zero-order valence-corrected chi connectivity index (χ0v) is 26.7. The van der Waals surface area contributed by atoms with E-state index in [-0.39, 0.29) is 18.5 Å². The first kappa shape index (κ1) is 31.1. The predicted molar refractivity (Wildman–Crippen MR) is 176 cm³/mol. The van der Waals surface area contributed by atoms with E-state index >= 15 is 0 Å². The van der Waals surface area contributed by atoms with Crippen LogP contribution in [0.3, 0.4) is 0 Å². The topological polar surface area (TPSA) is 69.4 Å². The largest absolute Gasteiger partial charge is 0.463 e. The number of anilines is 2. The lowest BCUT2D eigenvalue weighted by molar-refractivity contribution is -0.131. The predicted octanol–water partition coefficient (Wildman–Crippen LogP) is 5.38. The molecule has 1 saturated heterocycles. The Hall–Kier alpha value is -3.94. The van der Waals surface area contributed by atoms with Crippen molar-refractivity contribution in [3.63, 3.8) is 0 Å². The van der Waals surface area contributed by atoms with E-state index in [1.165, 1.54) is 4.90 Å². The molecule has 1 atom stereocenters. The van der Waals surface area contributed by atoms with Gasteiger partial charge in [-0.1, -0.05) is 42.4 Å². The van der Waals surface area contributed by atoms with Crippen molar-refractivity contribution in [2.45, 2.75) is 38.3 Å². The van der Waals surface area contributed by atoms with Crippen LogP contribution in [-0.2, 0) is 17.8 Å². The molecule has 3 aromatic rings. The van der Waals surface area contributed by atoms with E-state index in [9.17, 15) is 9.18 Å². The van der Waals surface area contributed by atoms with E-state index < -0.39 is 17.8 Å². The third kappa shape index (κ3) is 6.56. The summed E-state index contributed by atoms with van der Waals surface area (Å²) >= 11 is 6.70. The smallest absolute Gasteiger partial charge is 0.318 e. The average Bonchev–Trinajstić information content (AvgIpc) is 3.82. The lowest BCUT2D eigenvalue weighted by Gasteiger charge is -2.41. The van der Waals surface area contributed by atoms with E-state index in [0.717, 1.165) is 65.9 Å². The van der Waals surface area contributed by atoms with Gasteiger partial charge >= 0.3 is 6.01 Å². The number of rotatable bonds is 10. The summed E-state index contributed by atoms with van der Waals surface area (Å²) < 4.78 is 20.2. The number of piperazine rings is 1. The fourth-order valence-corrected chi connectivity index (χ4v) is 6.79. The van der Waals surface area contributed by atoms with Crippen molar-refractivity contribution in [1.82, 2.24) is 19.8 Å². The van der Waals surface area contributed by atoms with E-state index in [4.69, 9.17) is 32.9 Å². The molecule has 236 valence electrons. The molecule has 1 aromatic heterocycles. The zero-order chi connectivity index (χ0) is 31.7. The molecule has 1 aliphatic carbocycles. The van der Waals surface area contributed by atoms with Crippen LogP contribution in [0, 0.1) is 12.0 Å². The summed E-state index contributed by atoms with van der Waals surface area (Å²) in [7, 11) is 4.17. The van der Waals surface area contributed by atoms with Crippen LogP contribution in [0.2, 0.25) is 5.02 Å². The van der Waals surface area contributed by atoms with Crippen LogP contribution >= 0.6 is 11.6 Å². The molecule has 3 heterocycles. The zero-order valence-electron chi connectivity index (χ0n) is 25.9. The van der Waals surface area contributed by atoms with Crippen molar-refractivity contribution in [2.24, 2.45) is 5.41 Å². The second kappa shape index (κ2) is 12.8. The van der Waals surface area contributed by atoms with Gasteiger partial charge in [-0.15, -0.1) is 0 Å². The quantitative estimate of drug-likeness (QED) is 0.220. The summed E-state index contributed by atoms with van der Waals surface area (Å²) in [6.07, 6.45) is 4.01. The van der Waals surface area contributed by atoms with Crippen molar-refractivity contribution in [1.29, 1.82) is 0 Å². The SMILES string of the molecule is [C-]#[N+]C[C@H]1CN(c2nc(OCC3(CCN(C)C)CC3)nc3c2CCN(c2cccc4cccc(Cl)c24)C3)CCN1C(=O)C(=C)F. The number of hydrogen-bond donors (Lipinski definition) is 0. The molecule has 1 amide bonds. The average molecular weight is 632 g/mol. The van der Waals surface area contributed by atoms with Gasteiger partial charge in [-0.25, -0.2) is 11.0 Å². The summed E-state index contributed by atoms with van der Waals surface area (Å²) in [4.78, 5) is 34.1. The third-order valence-electron chi connectivity index (χ3n) is 9.33. The first-order valence-corrected chi connectivity index (χ1v) is 15.9. The number of benzene rings is 2. The minimum atomic E-state index is -1.01. The van der Waals surface area contributed by atoms with E-state index in [1.54, 1.807) is 0 Å². The molecule has 0 unspecified atom stereocenters. The number of nitrogens with zero attached hydrogens (tertiary/aromatic N) is 7. The second-order valence-electron chi connectivity index (χ2n) is 12.7. The number of amides is 1. The minimum absolute atomic E-state index is 0.0656. The molecule has 0 bridgehead atoms. The van der Waals surface area contributed by atoms with Crippen molar-refractivity contribution in [3.05, 3.63) is 76.5 Å². The molecule has 9 nitrogen and oxygen atoms in total. The molecular formula is C34H39ClFN7O2. The fraction of sp³-hybridized carbons (Fsp3) is 0.471. The number of fused-ring (bicyclic) bond motifs is 2. The van der Waals surface area contributed by atoms with Crippen LogP contribution in [0.4, 0.5) is 15.9 Å². The first-order valence-electron chi connectivity index (χ1n) is 15.5. The molecule has 0 N–H and O–H groups in total. The van der Waals surface area contributed by atoms with Gasteiger partial charge in [-0.2, -0.15) is 9.97 Å². The Bertz CT molecular complexity index is 1650. The molecule has 3 aliphatic rings. The number of carbonyl (C=O) groups is 1. The summed E-state index contributed by atoms with van der Waals surface area (Å²) in [6, 6.07) is 12.0. The molecule has 45 heavy (non-hydrogen) atoms. The summed E-state index contributed by atoms with van der Waals surface area (Å²) in [5, 5.41) is 2.81. The second-order valence-corrected chi connectivity index (χ2v) is 13.1. The third-order valence-corrected chi connectivity index (χ3v) is 9.64. The number of halogens is 2. The van der Waals surface area contributed by atoms with Gasteiger partial charge < -0.3 is 29.2 Å². The highest BCUT2D eigenvalue weighted by Gasteiger charge is 2.43. The van der Waals surface area contributed by atoms with Gasteiger partial charge in [-0.05, 0) is 63.8 Å². The van der Waals surface area contributed by atoms with Crippen LogP contribution in [-0.4, -0.2) is 91.7 Å². The Kier molecular flexibility index (Phi) is 8.85. The maximum atomic E-state index is 13.8. The molecule has 0 spiro atoms. The molecule has 6 rings (SSSR count). The van der Waals surface area contributed by atoms with Gasteiger partial charge in [0.1, 0.15) is 11.9 Å². The lowest BCUT2D eigenvalue weighted by atomic mass is 10.0. The highest BCUT2D eigenvalue weighted by atomic mass is 35.5. The minimum Gasteiger partial charge on any atom is -0.463 e. The normalized spacial score (nSPS) is 18.9. The van der Waals surface area contributed by atoms with Crippen LogP contribution in [0.15, 0.2) is 48.8 Å². The van der Waals surface area contributed by atoms with E-state index in [0.29, 0.717) is 43.7 Å². The van der Waals surface area contributed by atoms with Crippen molar-refractivity contribution in [2.75, 3.05) is 69.8 Å². The molecule has 2 aromatic carbocycles. The molecule has 2 fully saturated rings. The maximum Gasteiger partial charge on any atom is 0.318 e. The van der Waals surface area contributed by atoms with Gasteiger partial charge in [0.15, 0.2) is 5.83 Å². The number of carbonyl (C=O) groups excluding carboxylic acids is 1. The van der Waals surface area contributed by atoms with Crippen molar-refractivity contribution in [3.8, 4) is 6.01 Å². The fourth-order valence-electron chi connectivity index (χ4n) is 6.51. The highest BCUT2D eigenvalue weighted by molar-refractivity contribution is 6.36. The Balaban J connectivity index is 1.32. The Morgan fingerprint density at radius 3 is 2.67 bits per heavy atom. The molecular weight excluding hydrogens is 593 g/mol. The summed E-state index contributed by atoms with van der Waals surface area (Å²) in [5.41, 5.74) is 3.13. The monoisotopic (exact) mass is 631 g/mol. The Morgan fingerprint density at radius 1 is 1.18 bits per heavy atom. The lowest BCUT2D eigenvalue weighted by Crippen LogP contribution is -2.57.